The lowest BCUT2D eigenvalue weighted by Crippen LogP contribution is -2.14. The van der Waals surface area contributed by atoms with Crippen molar-refractivity contribution in [2.45, 2.75) is 25.5 Å². The molecule has 2 N–H and O–H groups in total. The smallest absolute Gasteiger partial charge is 0.240 e. The predicted molar refractivity (Wildman–Crippen MR) is 81.3 cm³/mol. The molecule has 0 bridgehead atoms. The van der Waals surface area contributed by atoms with Crippen LogP contribution in [0.1, 0.15) is 23.6 Å². The second-order valence-corrected chi connectivity index (χ2v) is 4.92. The summed E-state index contributed by atoms with van der Waals surface area (Å²) >= 11 is 0. The topological polar surface area (TPSA) is 44.5 Å². The molecule has 5 heteroatoms. The summed E-state index contributed by atoms with van der Waals surface area (Å²) in [7, 11) is 1.51. The Balaban J connectivity index is 2.09. The number of rotatable bonds is 7. The standard InChI is InChI=1S/C17H19F2NO2/c1-21-16-9-13(14(20)10-17(18)19)7-8-15(16)22-11-12-5-3-2-4-6-12/h2-9,14,17H,10-11,20H2,1H3/t14-/m1/s1. The van der Waals surface area contributed by atoms with Gasteiger partial charge >= 0.3 is 0 Å². The van der Waals surface area contributed by atoms with E-state index in [0.717, 1.165) is 5.56 Å². The Labute approximate surface area is 128 Å². The lowest BCUT2D eigenvalue weighted by Gasteiger charge is -2.15. The van der Waals surface area contributed by atoms with E-state index in [1.165, 1.54) is 7.11 Å². The van der Waals surface area contributed by atoms with Gasteiger partial charge in [-0.15, -0.1) is 0 Å². The van der Waals surface area contributed by atoms with Crippen molar-refractivity contribution in [2.75, 3.05) is 7.11 Å². The Morgan fingerprint density at radius 1 is 1.05 bits per heavy atom. The normalized spacial score (nSPS) is 12.2. The maximum atomic E-state index is 12.4. The van der Waals surface area contributed by atoms with Gasteiger partial charge in [0.1, 0.15) is 6.61 Å². The molecule has 1 atom stereocenters. The first-order chi connectivity index (χ1) is 10.6. The second kappa shape index (κ2) is 7.75. The van der Waals surface area contributed by atoms with Gasteiger partial charge in [0.15, 0.2) is 11.5 Å². The van der Waals surface area contributed by atoms with E-state index in [9.17, 15) is 8.78 Å². The highest BCUT2D eigenvalue weighted by Crippen LogP contribution is 2.31. The number of ether oxygens (including phenoxy) is 2. The van der Waals surface area contributed by atoms with Crippen molar-refractivity contribution >= 4 is 0 Å². The Hall–Kier alpha value is -2.14. The van der Waals surface area contributed by atoms with E-state index in [2.05, 4.69) is 0 Å². The summed E-state index contributed by atoms with van der Waals surface area (Å²) in [5.41, 5.74) is 7.39. The van der Waals surface area contributed by atoms with E-state index in [1.54, 1.807) is 18.2 Å². The Bertz CT molecular complexity index is 590. The number of nitrogens with two attached hydrogens (primary N) is 1. The lowest BCUT2D eigenvalue weighted by atomic mass is 10.0. The zero-order valence-corrected chi connectivity index (χ0v) is 12.3. The van der Waals surface area contributed by atoms with Crippen molar-refractivity contribution in [3.05, 3.63) is 59.7 Å². The molecule has 0 heterocycles. The molecule has 0 fully saturated rings. The van der Waals surface area contributed by atoms with Gasteiger partial charge in [-0.1, -0.05) is 36.4 Å². The molecule has 2 rings (SSSR count). The summed E-state index contributed by atoms with van der Waals surface area (Å²) in [5, 5.41) is 0. The van der Waals surface area contributed by atoms with Gasteiger partial charge in [-0.25, -0.2) is 8.78 Å². The molecule has 2 aromatic rings. The number of hydrogen-bond acceptors (Lipinski definition) is 3. The average Bonchev–Trinajstić information content (AvgIpc) is 2.53. The molecule has 118 valence electrons. The zero-order valence-electron chi connectivity index (χ0n) is 12.3. The first kappa shape index (κ1) is 16.2. The minimum absolute atomic E-state index is 0.382. The maximum Gasteiger partial charge on any atom is 0.240 e. The number of benzene rings is 2. The third kappa shape index (κ3) is 4.43. The second-order valence-electron chi connectivity index (χ2n) is 4.92. The van der Waals surface area contributed by atoms with Crippen molar-refractivity contribution in [3.63, 3.8) is 0 Å². The number of methoxy groups -OCH3 is 1. The van der Waals surface area contributed by atoms with Crippen LogP contribution in [0.15, 0.2) is 48.5 Å². The van der Waals surface area contributed by atoms with E-state index < -0.39 is 12.5 Å². The average molecular weight is 307 g/mol. The molecule has 0 aliphatic rings. The molecule has 22 heavy (non-hydrogen) atoms. The first-order valence-electron chi connectivity index (χ1n) is 6.98. The third-order valence-electron chi connectivity index (χ3n) is 3.29. The van der Waals surface area contributed by atoms with Crippen LogP contribution in [-0.4, -0.2) is 13.5 Å². The Kier molecular flexibility index (Phi) is 5.72. The molecule has 3 nitrogen and oxygen atoms in total. The predicted octanol–water partition coefficient (Wildman–Crippen LogP) is 3.93. The summed E-state index contributed by atoms with van der Waals surface area (Å²) in [4.78, 5) is 0. The van der Waals surface area contributed by atoms with Crippen molar-refractivity contribution in [1.82, 2.24) is 0 Å². The van der Waals surface area contributed by atoms with Crippen LogP contribution in [0.3, 0.4) is 0 Å². The van der Waals surface area contributed by atoms with E-state index in [-0.39, 0.29) is 6.42 Å². The van der Waals surface area contributed by atoms with E-state index in [0.29, 0.717) is 23.7 Å². The van der Waals surface area contributed by atoms with Crippen molar-refractivity contribution in [3.8, 4) is 11.5 Å². The summed E-state index contributed by atoms with van der Waals surface area (Å²) in [6.07, 6.45) is -2.82. The van der Waals surface area contributed by atoms with Crippen molar-refractivity contribution in [1.29, 1.82) is 0 Å². The minimum atomic E-state index is -2.44. The monoisotopic (exact) mass is 307 g/mol. The summed E-state index contributed by atoms with van der Waals surface area (Å²) in [5.74, 6) is 1.04. The number of alkyl halides is 2. The van der Waals surface area contributed by atoms with Crippen LogP contribution >= 0.6 is 0 Å². The van der Waals surface area contributed by atoms with Gasteiger partial charge in [0, 0.05) is 12.5 Å². The number of halogens is 2. The fourth-order valence-corrected chi connectivity index (χ4v) is 2.10. The molecule has 0 amide bonds. The SMILES string of the molecule is COc1cc([C@H](N)CC(F)F)ccc1OCc1ccccc1. The first-order valence-corrected chi connectivity index (χ1v) is 6.98. The van der Waals surface area contributed by atoms with Crippen LogP contribution in [-0.2, 0) is 6.61 Å². The molecule has 2 aromatic carbocycles. The van der Waals surface area contributed by atoms with Gasteiger partial charge in [-0.3, -0.25) is 0 Å². The van der Waals surface area contributed by atoms with Crippen LogP contribution < -0.4 is 15.2 Å². The highest BCUT2D eigenvalue weighted by Gasteiger charge is 2.15. The summed E-state index contributed by atoms with van der Waals surface area (Å²) in [6, 6.07) is 14.0. The largest absolute Gasteiger partial charge is 0.493 e. The molecular formula is C17H19F2NO2. The molecule has 0 radical (unpaired) electrons. The fraction of sp³-hybridized carbons (Fsp3) is 0.294. The molecule has 0 saturated carbocycles. The molecular weight excluding hydrogens is 288 g/mol. The fourth-order valence-electron chi connectivity index (χ4n) is 2.10. The van der Waals surface area contributed by atoms with Gasteiger partial charge in [0.2, 0.25) is 6.43 Å². The molecule has 0 aliphatic carbocycles. The van der Waals surface area contributed by atoms with E-state index in [4.69, 9.17) is 15.2 Å². The maximum absolute atomic E-state index is 12.4. The van der Waals surface area contributed by atoms with Gasteiger partial charge in [0.25, 0.3) is 0 Å². The third-order valence-corrected chi connectivity index (χ3v) is 3.29. The minimum Gasteiger partial charge on any atom is -0.493 e. The van der Waals surface area contributed by atoms with E-state index >= 15 is 0 Å². The molecule has 0 unspecified atom stereocenters. The molecule has 0 spiro atoms. The van der Waals surface area contributed by atoms with Gasteiger partial charge in [0.05, 0.1) is 7.11 Å². The van der Waals surface area contributed by atoms with Gasteiger partial charge in [-0.2, -0.15) is 0 Å². The Morgan fingerprint density at radius 3 is 2.41 bits per heavy atom. The molecule has 0 saturated heterocycles. The van der Waals surface area contributed by atoms with Gasteiger partial charge in [-0.05, 0) is 23.3 Å². The van der Waals surface area contributed by atoms with Gasteiger partial charge < -0.3 is 15.2 Å². The van der Waals surface area contributed by atoms with Crippen molar-refractivity contribution < 1.29 is 18.3 Å². The van der Waals surface area contributed by atoms with Crippen LogP contribution in [0.4, 0.5) is 8.78 Å². The zero-order chi connectivity index (χ0) is 15.9. The van der Waals surface area contributed by atoms with Crippen LogP contribution in [0.5, 0.6) is 11.5 Å². The summed E-state index contributed by atoms with van der Waals surface area (Å²) < 4.78 is 35.8. The molecule has 0 aromatic heterocycles. The van der Waals surface area contributed by atoms with Crippen LogP contribution in [0.2, 0.25) is 0 Å². The highest BCUT2D eigenvalue weighted by atomic mass is 19.3. The summed E-state index contributed by atoms with van der Waals surface area (Å²) in [6.45, 7) is 0.402. The quantitative estimate of drug-likeness (QED) is 0.843. The van der Waals surface area contributed by atoms with Crippen molar-refractivity contribution in [2.24, 2.45) is 5.73 Å². The van der Waals surface area contributed by atoms with Crippen LogP contribution in [0.25, 0.3) is 0 Å². The number of hydrogen-bond donors (Lipinski definition) is 1. The molecule has 0 aliphatic heterocycles. The highest BCUT2D eigenvalue weighted by molar-refractivity contribution is 5.44. The van der Waals surface area contributed by atoms with E-state index in [1.807, 2.05) is 30.3 Å². The Morgan fingerprint density at radius 2 is 1.77 bits per heavy atom. The van der Waals surface area contributed by atoms with Crippen LogP contribution in [0, 0.1) is 0 Å². The lowest BCUT2D eigenvalue weighted by molar-refractivity contribution is 0.128.